The first-order valence-corrected chi connectivity index (χ1v) is 6.47. The average Bonchev–Trinajstić information content (AvgIpc) is 2.03. The van der Waals surface area contributed by atoms with Crippen LogP contribution in [0.25, 0.3) is 0 Å². The minimum absolute atomic E-state index is 0.374. The molecule has 0 rings (SSSR count). The second-order valence-corrected chi connectivity index (χ2v) is 4.56. The average molecular weight is 226 g/mol. The van der Waals surface area contributed by atoms with Gasteiger partial charge in [0.05, 0.1) is 0 Å². The van der Waals surface area contributed by atoms with E-state index < -0.39 is 15.4 Å². The molecule has 1 unspecified atom stereocenters. The fraction of sp³-hybridized carbons (Fsp3) is 1.00. The minimum atomic E-state index is -3.23. The summed E-state index contributed by atoms with van der Waals surface area (Å²) in [6, 6.07) is 0. The van der Waals surface area contributed by atoms with Crippen molar-refractivity contribution in [2.45, 2.75) is 34.1 Å². The van der Waals surface area contributed by atoms with Crippen LogP contribution in [0.1, 0.15) is 27.7 Å². The zero-order valence-electron chi connectivity index (χ0n) is 9.21. The second-order valence-electron chi connectivity index (χ2n) is 2.46. The Morgan fingerprint density at radius 1 is 1.00 bits per heavy atom. The van der Waals surface area contributed by atoms with Gasteiger partial charge in [0.2, 0.25) is 0 Å². The van der Waals surface area contributed by atoms with Gasteiger partial charge in [-0.25, -0.2) is 4.39 Å². The van der Waals surface area contributed by atoms with Crippen LogP contribution in [0.5, 0.6) is 0 Å². The molecule has 4 nitrogen and oxygen atoms in total. The van der Waals surface area contributed by atoms with Crippen molar-refractivity contribution in [1.29, 1.82) is 0 Å². The summed E-state index contributed by atoms with van der Waals surface area (Å²) in [6.07, 6.45) is -1.45. The van der Waals surface area contributed by atoms with Crippen molar-refractivity contribution in [3.05, 3.63) is 0 Å². The third kappa shape index (κ3) is 5.01. The Hall–Kier alpha value is -0.0131. The first kappa shape index (κ1) is 14.0. The van der Waals surface area contributed by atoms with E-state index in [1.807, 2.05) is 0 Å². The van der Waals surface area contributed by atoms with Crippen molar-refractivity contribution >= 4 is 9.05 Å². The van der Waals surface area contributed by atoms with E-state index in [9.17, 15) is 4.39 Å². The van der Waals surface area contributed by atoms with E-state index in [0.29, 0.717) is 19.8 Å². The van der Waals surface area contributed by atoms with Gasteiger partial charge in [0.15, 0.2) is 6.36 Å². The summed E-state index contributed by atoms with van der Waals surface area (Å²) in [5.74, 6) is 0. The standard InChI is InChI=1S/C8H19FO4Si/c1-5-10-14(11-6-2,12-7-3)13-8(4)9/h8H,5-7H2,1-4H3. The van der Waals surface area contributed by atoms with Crippen molar-refractivity contribution in [2.24, 2.45) is 0 Å². The molecule has 0 fully saturated rings. The molecule has 0 N–H and O–H groups in total. The minimum Gasteiger partial charge on any atom is -0.351 e. The smallest absolute Gasteiger partial charge is 0.351 e. The monoisotopic (exact) mass is 226 g/mol. The maximum Gasteiger partial charge on any atom is 0.681 e. The van der Waals surface area contributed by atoms with Crippen molar-refractivity contribution in [2.75, 3.05) is 19.8 Å². The Kier molecular flexibility index (Phi) is 7.29. The Bertz CT molecular complexity index is 128. The van der Waals surface area contributed by atoms with Gasteiger partial charge in [-0.05, 0) is 27.7 Å². The summed E-state index contributed by atoms with van der Waals surface area (Å²) < 4.78 is 33.5. The van der Waals surface area contributed by atoms with Crippen LogP contribution in [-0.4, -0.2) is 35.2 Å². The molecule has 0 spiro atoms. The van der Waals surface area contributed by atoms with Crippen LogP contribution >= 0.6 is 0 Å². The Labute approximate surface area is 85.8 Å². The Morgan fingerprint density at radius 3 is 1.57 bits per heavy atom. The third-order valence-corrected chi connectivity index (χ3v) is 3.81. The molecular weight excluding hydrogens is 207 g/mol. The summed E-state index contributed by atoms with van der Waals surface area (Å²) in [4.78, 5) is 0. The van der Waals surface area contributed by atoms with E-state index in [2.05, 4.69) is 0 Å². The molecule has 0 saturated heterocycles. The molecule has 0 amide bonds. The quantitative estimate of drug-likeness (QED) is 0.592. The molecule has 0 saturated carbocycles. The predicted molar refractivity (Wildman–Crippen MR) is 52.3 cm³/mol. The number of halogens is 1. The van der Waals surface area contributed by atoms with Crippen molar-refractivity contribution in [3.8, 4) is 0 Å². The van der Waals surface area contributed by atoms with Gasteiger partial charge in [-0.15, -0.1) is 0 Å². The van der Waals surface area contributed by atoms with Gasteiger partial charge >= 0.3 is 9.05 Å². The fourth-order valence-electron chi connectivity index (χ4n) is 0.956. The van der Waals surface area contributed by atoms with Gasteiger partial charge in [-0.1, -0.05) is 0 Å². The van der Waals surface area contributed by atoms with Crippen LogP contribution in [0.2, 0.25) is 0 Å². The molecule has 86 valence electrons. The lowest BCUT2D eigenvalue weighted by Gasteiger charge is -2.27. The van der Waals surface area contributed by atoms with Gasteiger partial charge in [-0.2, -0.15) is 0 Å². The molecule has 0 aromatic heterocycles. The molecule has 0 aliphatic rings. The maximum absolute atomic E-state index is 12.7. The molecular formula is C8H19FO4Si. The van der Waals surface area contributed by atoms with Crippen LogP contribution in [-0.2, 0) is 17.7 Å². The van der Waals surface area contributed by atoms with Crippen molar-refractivity contribution < 1.29 is 22.1 Å². The van der Waals surface area contributed by atoms with Gasteiger partial charge in [0.1, 0.15) is 0 Å². The Morgan fingerprint density at radius 2 is 1.36 bits per heavy atom. The van der Waals surface area contributed by atoms with E-state index in [0.717, 1.165) is 0 Å². The van der Waals surface area contributed by atoms with E-state index >= 15 is 0 Å². The lowest BCUT2D eigenvalue weighted by Crippen LogP contribution is -2.50. The van der Waals surface area contributed by atoms with Crippen LogP contribution in [0, 0.1) is 0 Å². The maximum atomic E-state index is 12.7. The summed E-state index contributed by atoms with van der Waals surface area (Å²) in [6.45, 7) is 7.75. The van der Waals surface area contributed by atoms with E-state index in [4.69, 9.17) is 17.7 Å². The fourth-order valence-corrected chi connectivity index (χ4v) is 2.87. The second kappa shape index (κ2) is 7.30. The zero-order valence-corrected chi connectivity index (χ0v) is 10.2. The molecule has 1 atom stereocenters. The molecule has 6 heteroatoms. The first-order valence-electron chi connectivity index (χ1n) is 4.84. The van der Waals surface area contributed by atoms with Crippen LogP contribution in [0.15, 0.2) is 0 Å². The van der Waals surface area contributed by atoms with E-state index in [-0.39, 0.29) is 0 Å². The van der Waals surface area contributed by atoms with Crippen molar-refractivity contribution in [1.82, 2.24) is 0 Å². The van der Waals surface area contributed by atoms with Gasteiger partial charge in [0.25, 0.3) is 0 Å². The van der Waals surface area contributed by atoms with Gasteiger partial charge in [0, 0.05) is 19.8 Å². The summed E-state index contributed by atoms with van der Waals surface area (Å²) >= 11 is 0. The van der Waals surface area contributed by atoms with Crippen LogP contribution < -0.4 is 0 Å². The van der Waals surface area contributed by atoms with Crippen LogP contribution in [0.4, 0.5) is 4.39 Å². The zero-order chi connectivity index (χ0) is 11.0. The molecule has 0 radical (unpaired) electrons. The number of rotatable bonds is 8. The number of alkyl halides is 1. The molecule has 0 aliphatic heterocycles. The highest BCUT2D eigenvalue weighted by Gasteiger charge is 2.46. The summed E-state index contributed by atoms with van der Waals surface area (Å²) in [7, 11) is -3.23. The molecule has 0 aromatic rings. The molecule has 0 aromatic carbocycles. The third-order valence-electron chi connectivity index (χ3n) is 1.27. The number of hydrogen-bond donors (Lipinski definition) is 0. The van der Waals surface area contributed by atoms with E-state index in [1.165, 1.54) is 6.92 Å². The highest BCUT2D eigenvalue weighted by atomic mass is 28.4. The largest absolute Gasteiger partial charge is 0.681 e. The molecule has 14 heavy (non-hydrogen) atoms. The van der Waals surface area contributed by atoms with Crippen LogP contribution in [0.3, 0.4) is 0 Å². The Balaban J connectivity index is 4.37. The predicted octanol–water partition coefficient (Wildman–Crippen LogP) is 1.86. The lowest BCUT2D eigenvalue weighted by molar-refractivity contribution is -0.0786. The highest BCUT2D eigenvalue weighted by molar-refractivity contribution is 6.53. The highest BCUT2D eigenvalue weighted by Crippen LogP contribution is 2.14. The SMILES string of the molecule is CCO[Si](OCC)(OCC)OC(C)F. The van der Waals surface area contributed by atoms with Crippen molar-refractivity contribution in [3.63, 3.8) is 0 Å². The molecule has 0 heterocycles. The van der Waals surface area contributed by atoms with Gasteiger partial charge < -0.3 is 17.7 Å². The first-order chi connectivity index (χ1) is 6.60. The van der Waals surface area contributed by atoms with Gasteiger partial charge in [-0.3, -0.25) is 0 Å². The summed E-state index contributed by atoms with van der Waals surface area (Å²) in [5.41, 5.74) is 0. The van der Waals surface area contributed by atoms with E-state index in [1.54, 1.807) is 20.8 Å². The molecule has 0 aliphatic carbocycles. The summed E-state index contributed by atoms with van der Waals surface area (Å²) in [5, 5.41) is 0. The normalized spacial score (nSPS) is 14.4. The topological polar surface area (TPSA) is 36.9 Å². The lowest BCUT2D eigenvalue weighted by atomic mass is 10.8. The number of hydrogen-bond acceptors (Lipinski definition) is 4. The molecule has 0 bridgehead atoms.